The van der Waals surface area contributed by atoms with E-state index in [1.807, 2.05) is 25.5 Å². The molecule has 2 rings (SSSR count). The van der Waals surface area contributed by atoms with E-state index in [9.17, 15) is 0 Å². The summed E-state index contributed by atoms with van der Waals surface area (Å²) >= 11 is 0. The smallest absolute Gasteiger partial charge is 0.134 e. The Morgan fingerprint density at radius 2 is 1.95 bits per heavy atom. The van der Waals surface area contributed by atoms with E-state index >= 15 is 0 Å². The number of aryl methyl sites for hydroxylation is 1. The maximum atomic E-state index is 4.74. The molecule has 0 unspecified atom stereocenters. The highest BCUT2D eigenvalue weighted by Crippen LogP contribution is 2.25. The van der Waals surface area contributed by atoms with E-state index in [-0.39, 0.29) is 0 Å². The molecule has 2 aromatic heterocycles. The molecule has 0 aliphatic heterocycles. The fourth-order valence-electron chi connectivity index (χ4n) is 2.28. The monoisotopic (exact) mass is 273 g/mol. The van der Waals surface area contributed by atoms with Gasteiger partial charge in [-0.3, -0.25) is 4.68 Å². The molecule has 0 amide bonds. The lowest BCUT2D eigenvalue weighted by molar-refractivity contribution is 0.603. The van der Waals surface area contributed by atoms with Gasteiger partial charge in [0.1, 0.15) is 11.6 Å². The number of nitrogens with one attached hydrogen (secondary N) is 1. The zero-order valence-corrected chi connectivity index (χ0v) is 12.7. The average Bonchev–Trinajstić information content (AvgIpc) is 2.87. The molecular formula is C15H23N5. The van der Waals surface area contributed by atoms with Crippen molar-refractivity contribution in [1.82, 2.24) is 19.7 Å². The van der Waals surface area contributed by atoms with E-state index in [1.54, 1.807) is 4.68 Å². The van der Waals surface area contributed by atoms with Crippen LogP contribution in [0.5, 0.6) is 0 Å². The van der Waals surface area contributed by atoms with Crippen LogP contribution in [0, 0.1) is 0 Å². The maximum Gasteiger partial charge on any atom is 0.134 e. The van der Waals surface area contributed by atoms with Gasteiger partial charge in [0.05, 0.1) is 11.9 Å². The van der Waals surface area contributed by atoms with Crippen LogP contribution in [0.3, 0.4) is 0 Å². The van der Waals surface area contributed by atoms with Crippen LogP contribution >= 0.6 is 0 Å². The first-order valence-electron chi connectivity index (χ1n) is 7.29. The minimum atomic E-state index is 0.407. The third-order valence-corrected chi connectivity index (χ3v) is 3.45. The third-order valence-electron chi connectivity index (χ3n) is 3.45. The van der Waals surface area contributed by atoms with Gasteiger partial charge in [-0.15, -0.1) is 0 Å². The molecule has 0 aliphatic carbocycles. The predicted molar refractivity (Wildman–Crippen MR) is 81.7 cm³/mol. The van der Waals surface area contributed by atoms with Crippen molar-refractivity contribution >= 4 is 5.82 Å². The Morgan fingerprint density at radius 3 is 2.50 bits per heavy atom. The van der Waals surface area contributed by atoms with E-state index in [0.29, 0.717) is 5.92 Å². The zero-order valence-electron chi connectivity index (χ0n) is 12.7. The first kappa shape index (κ1) is 14.5. The SMILES string of the molecule is CCNc1cc(-c2cnn(C)c2)nc(C(CC)CC)n1. The normalized spacial score (nSPS) is 11.1. The van der Waals surface area contributed by atoms with Gasteiger partial charge in [-0.1, -0.05) is 13.8 Å². The lowest BCUT2D eigenvalue weighted by Gasteiger charge is -2.14. The fourth-order valence-corrected chi connectivity index (χ4v) is 2.28. The lowest BCUT2D eigenvalue weighted by atomic mass is 10.0. The van der Waals surface area contributed by atoms with Crippen molar-refractivity contribution in [3.8, 4) is 11.3 Å². The Kier molecular flexibility index (Phi) is 4.71. The number of hydrogen-bond acceptors (Lipinski definition) is 4. The maximum absolute atomic E-state index is 4.74. The average molecular weight is 273 g/mol. The van der Waals surface area contributed by atoms with Crippen LogP contribution in [0.25, 0.3) is 11.3 Å². The molecular weight excluding hydrogens is 250 g/mol. The van der Waals surface area contributed by atoms with Gasteiger partial charge in [-0.25, -0.2) is 9.97 Å². The zero-order chi connectivity index (χ0) is 14.5. The molecule has 1 N–H and O–H groups in total. The molecule has 0 saturated carbocycles. The molecule has 2 aromatic rings. The molecule has 0 fully saturated rings. The predicted octanol–water partition coefficient (Wildman–Crippen LogP) is 3.21. The van der Waals surface area contributed by atoms with Crippen LogP contribution in [-0.2, 0) is 7.05 Å². The Morgan fingerprint density at radius 1 is 1.20 bits per heavy atom. The second-order valence-corrected chi connectivity index (χ2v) is 4.94. The first-order valence-corrected chi connectivity index (χ1v) is 7.29. The van der Waals surface area contributed by atoms with Crippen molar-refractivity contribution in [2.75, 3.05) is 11.9 Å². The van der Waals surface area contributed by atoms with Gasteiger partial charge in [-0.05, 0) is 19.8 Å². The summed E-state index contributed by atoms with van der Waals surface area (Å²) in [5.41, 5.74) is 1.97. The van der Waals surface area contributed by atoms with Crippen molar-refractivity contribution in [2.45, 2.75) is 39.5 Å². The lowest BCUT2D eigenvalue weighted by Crippen LogP contribution is -2.08. The summed E-state index contributed by atoms with van der Waals surface area (Å²) in [6, 6.07) is 1.99. The summed E-state index contributed by atoms with van der Waals surface area (Å²) in [5, 5.41) is 7.51. The van der Waals surface area contributed by atoms with Crippen LogP contribution in [-0.4, -0.2) is 26.3 Å². The largest absolute Gasteiger partial charge is 0.370 e. The highest BCUT2D eigenvalue weighted by Gasteiger charge is 2.14. The fraction of sp³-hybridized carbons (Fsp3) is 0.533. The molecule has 0 radical (unpaired) electrons. The van der Waals surface area contributed by atoms with Crippen molar-refractivity contribution in [3.63, 3.8) is 0 Å². The third kappa shape index (κ3) is 3.15. The quantitative estimate of drug-likeness (QED) is 0.878. The molecule has 0 aliphatic rings. The van der Waals surface area contributed by atoms with Crippen molar-refractivity contribution < 1.29 is 0 Å². The Hall–Kier alpha value is -1.91. The van der Waals surface area contributed by atoms with Crippen molar-refractivity contribution in [1.29, 1.82) is 0 Å². The summed E-state index contributed by atoms with van der Waals surface area (Å²) in [6.45, 7) is 7.29. The number of nitrogens with zero attached hydrogens (tertiary/aromatic N) is 4. The minimum absolute atomic E-state index is 0.407. The Bertz CT molecular complexity index is 557. The van der Waals surface area contributed by atoms with Crippen LogP contribution in [0.1, 0.15) is 45.4 Å². The molecule has 20 heavy (non-hydrogen) atoms. The second kappa shape index (κ2) is 6.50. The number of rotatable bonds is 6. The van der Waals surface area contributed by atoms with Gasteiger partial charge >= 0.3 is 0 Å². The second-order valence-electron chi connectivity index (χ2n) is 4.94. The number of anilines is 1. The minimum Gasteiger partial charge on any atom is -0.370 e. The molecule has 0 spiro atoms. The van der Waals surface area contributed by atoms with E-state index in [4.69, 9.17) is 4.98 Å². The summed E-state index contributed by atoms with van der Waals surface area (Å²) < 4.78 is 1.79. The van der Waals surface area contributed by atoms with E-state index in [2.05, 4.69) is 36.2 Å². The molecule has 0 aromatic carbocycles. The molecule has 0 saturated heterocycles. The van der Waals surface area contributed by atoms with Gasteiger partial charge in [0.15, 0.2) is 0 Å². The molecule has 0 bridgehead atoms. The molecule has 108 valence electrons. The number of hydrogen-bond donors (Lipinski definition) is 1. The Labute approximate surface area is 120 Å². The standard InChI is InChI=1S/C15H23N5/c1-5-11(6-2)15-18-13(8-14(19-15)16-7-3)12-9-17-20(4)10-12/h8-11H,5-7H2,1-4H3,(H,16,18,19). The molecule has 2 heterocycles. The molecule has 5 nitrogen and oxygen atoms in total. The van der Waals surface area contributed by atoms with Crippen LogP contribution in [0.15, 0.2) is 18.5 Å². The molecule has 5 heteroatoms. The van der Waals surface area contributed by atoms with Crippen LogP contribution in [0.2, 0.25) is 0 Å². The topological polar surface area (TPSA) is 55.6 Å². The van der Waals surface area contributed by atoms with Gasteiger partial charge in [-0.2, -0.15) is 5.10 Å². The van der Waals surface area contributed by atoms with Gasteiger partial charge in [0.2, 0.25) is 0 Å². The Balaban J connectivity index is 2.45. The van der Waals surface area contributed by atoms with Gasteiger partial charge in [0.25, 0.3) is 0 Å². The highest BCUT2D eigenvalue weighted by molar-refractivity contribution is 5.61. The molecule has 0 atom stereocenters. The first-order chi connectivity index (χ1) is 9.67. The van der Waals surface area contributed by atoms with E-state index in [1.165, 1.54) is 0 Å². The summed E-state index contributed by atoms with van der Waals surface area (Å²) in [4.78, 5) is 9.38. The summed E-state index contributed by atoms with van der Waals surface area (Å²) in [5.74, 6) is 2.22. The van der Waals surface area contributed by atoms with Crippen LogP contribution in [0.4, 0.5) is 5.82 Å². The summed E-state index contributed by atoms with van der Waals surface area (Å²) in [6.07, 6.45) is 5.93. The van der Waals surface area contributed by atoms with Gasteiger partial charge < -0.3 is 5.32 Å². The highest BCUT2D eigenvalue weighted by atomic mass is 15.2. The number of aromatic nitrogens is 4. The van der Waals surface area contributed by atoms with Gasteiger partial charge in [0, 0.05) is 37.3 Å². The summed E-state index contributed by atoms with van der Waals surface area (Å²) in [7, 11) is 1.91. The van der Waals surface area contributed by atoms with Crippen molar-refractivity contribution in [2.24, 2.45) is 7.05 Å². The van der Waals surface area contributed by atoms with Crippen molar-refractivity contribution in [3.05, 3.63) is 24.3 Å². The van der Waals surface area contributed by atoms with E-state index in [0.717, 1.165) is 42.3 Å². The van der Waals surface area contributed by atoms with E-state index < -0.39 is 0 Å². The van der Waals surface area contributed by atoms with Crippen LogP contribution < -0.4 is 5.32 Å².